The number of hydrogen-bond acceptors (Lipinski definition) is 6. The zero-order chi connectivity index (χ0) is 17.3. The topological polar surface area (TPSA) is 62.3 Å². The average Bonchev–Trinajstić information content (AvgIpc) is 2.89. The third-order valence-electron chi connectivity index (χ3n) is 4.73. The highest BCUT2D eigenvalue weighted by molar-refractivity contribution is 6.22. The fourth-order valence-corrected chi connectivity index (χ4v) is 3.27. The molecule has 2 heterocycles. The van der Waals surface area contributed by atoms with Gasteiger partial charge in [0.2, 0.25) is 5.91 Å². The SMILES string of the molecule is COc1ccc(N2C(=O)CC(N3CCN(C)CC3)C2=O)cc1OC. The zero-order valence-corrected chi connectivity index (χ0v) is 14.3. The highest BCUT2D eigenvalue weighted by atomic mass is 16.5. The number of benzene rings is 1. The molecule has 3 rings (SSSR count). The lowest BCUT2D eigenvalue weighted by molar-refractivity contribution is -0.123. The molecule has 0 N–H and O–H groups in total. The van der Waals surface area contributed by atoms with Crippen LogP contribution in [0.2, 0.25) is 0 Å². The van der Waals surface area contributed by atoms with Gasteiger partial charge in [-0.3, -0.25) is 14.5 Å². The minimum Gasteiger partial charge on any atom is -0.493 e. The van der Waals surface area contributed by atoms with Crippen LogP contribution in [0.3, 0.4) is 0 Å². The quantitative estimate of drug-likeness (QED) is 0.752. The van der Waals surface area contributed by atoms with Crippen LogP contribution >= 0.6 is 0 Å². The normalized spacial score (nSPS) is 23.0. The number of anilines is 1. The molecule has 7 heteroatoms. The number of carbonyl (C=O) groups is 2. The van der Waals surface area contributed by atoms with Gasteiger partial charge in [-0.25, -0.2) is 4.90 Å². The van der Waals surface area contributed by atoms with Gasteiger partial charge in [0.25, 0.3) is 5.91 Å². The lowest BCUT2D eigenvalue weighted by atomic mass is 10.2. The Morgan fingerprint density at radius 2 is 1.67 bits per heavy atom. The van der Waals surface area contributed by atoms with Gasteiger partial charge in [-0.1, -0.05) is 0 Å². The summed E-state index contributed by atoms with van der Waals surface area (Å²) in [6.07, 6.45) is 0.233. The number of amides is 2. The number of likely N-dealkylation sites (N-methyl/N-ethyl adjacent to an activating group) is 1. The van der Waals surface area contributed by atoms with Crippen molar-refractivity contribution in [1.29, 1.82) is 0 Å². The van der Waals surface area contributed by atoms with Crippen molar-refractivity contribution in [3.63, 3.8) is 0 Å². The Hall–Kier alpha value is -2.12. The van der Waals surface area contributed by atoms with E-state index in [0.717, 1.165) is 26.2 Å². The molecule has 2 aliphatic heterocycles. The van der Waals surface area contributed by atoms with Crippen molar-refractivity contribution in [2.24, 2.45) is 0 Å². The van der Waals surface area contributed by atoms with Crippen LogP contribution in [0.25, 0.3) is 0 Å². The Morgan fingerprint density at radius 3 is 2.29 bits per heavy atom. The van der Waals surface area contributed by atoms with Gasteiger partial charge in [-0.05, 0) is 19.2 Å². The van der Waals surface area contributed by atoms with Gasteiger partial charge in [0.15, 0.2) is 11.5 Å². The monoisotopic (exact) mass is 333 g/mol. The molecule has 1 atom stereocenters. The van der Waals surface area contributed by atoms with Crippen molar-refractivity contribution in [1.82, 2.24) is 9.80 Å². The first-order valence-corrected chi connectivity index (χ1v) is 8.06. The van der Waals surface area contributed by atoms with Gasteiger partial charge in [-0.2, -0.15) is 0 Å². The van der Waals surface area contributed by atoms with Crippen LogP contribution in [-0.4, -0.2) is 75.1 Å². The summed E-state index contributed by atoms with van der Waals surface area (Å²) in [7, 11) is 5.14. The molecule has 0 radical (unpaired) electrons. The Morgan fingerprint density at radius 1 is 1.00 bits per heavy atom. The second-order valence-electron chi connectivity index (χ2n) is 6.17. The van der Waals surface area contributed by atoms with Gasteiger partial charge in [0.05, 0.1) is 32.4 Å². The zero-order valence-electron chi connectivity index (χ0n) is 14.3. The summed E-state index contributed by atoms with van der Waals surface area (Å²) in [6.45, 7) is 3.43. The van der Waals surface area contributed by atoms with E-state index in [1.165, 1.54) is 12.0 Å². The Kier molecular flexibility index (Phi) is 4.73. The lowest BCUT2D eigenvalue weighted by Crippen LogP contribution is -2.51. The Labute approximate surface area is 141 Å². The maximum absolute atomic E-state index is 12.8. The van der Waals surface area contributed by atoms with E-state index in [-0.39, 0.29) is 24.3 Å². The van der Waals surface area contributed by atoms with Crippen LogP contribution in [0.1, 0.15) is 6.42 Å². The molecule has 24 heavy (non-hydrogen) atoms. The highest BCUT2D eigenvalue weighted by Gasteiger charge is 2.43. The fourth-order valence-electron chi connectivity index (χ4n) is 3.27. The Balaban J connectivity index is 1.82. The number of piperazine rings is 1. The Bertz CT molecular complexity index is 641. The number of imide groups is 1. The molecular weight excluding hydrogens is 310 g/mol. The molecule has 2 saturated heterocycles. The first kappa shape index (κ1) is 16.7. The van der Waals surface area contributed by atoms with E-state index in [9.17, 15) is 9.59 Å². The molecule has 130 valence electrons. The lowest BCUT2D eigenvalue weighted by Gasteiger charge is -2.35. The van der Waals surface area contributed by atoms with Gasteiger partial charge >= 0.3 is 0 Å². The third kappa shape index (κ3) is 2.97. The maximum atomic E-state index is 12.8. The van der Waals surface area contributed by atoms with Gasteiger partial charge < -0.3 is 14.4 Å². The third-order valence-corrected chi connectivity index (χ3v) is 4.73. The molecule has 1 unspecified atom stereocenters. The molecule has 2 amide bonds. The van der Waals surface area contributed by atoms with Crippen LogP contribution in [0.15, 0.2) is 18.2 Å². The number of ether oxygens (including phenoxy) is 2. The summed E-state index contributed by atoms with van der Waals surface area (Å²) in [5, 5.41) is 0. The van der Waals surface area contributed by atoms with Crippen molar-refractivity contribution in [2.45, 2.75) is 12.5 Å². The molecule has 7 nitrogen and oxygen atoms in total. The number of carbonyl (C=O) groups excluding carboxylic acids is 2. The fraction of sp³-hybridized carbons (Fsp3) is 0.529. The van der Waals surface area contributed by atoms with Crippen LogP contribution in [-0.2, 0) is 9.59 Å². The number of nitrogens with zero attached hydrogens (tertiary/aromatic N) is 3. The standard InChI is InChI=1S/C17H23N3O4/c1-18-6-8-19(9-7-18)13-11-16(21)20(17(13)22)12-4-5-14(23-2)15(10-12)24-3/h4-5,10,13H,6-9,11H2,1-3H3. The predicted molar refractivity (Wildman–Crippen MR) is 89.5 cm³/mol. The second kappa shape index (κ2) is 6.78. The predicted octanol–water partition coefficient (Wildman–Crippen LogP) is 0.583. The van der Waals surface area contributed by atoms with Crippen LogP contribution in [0.4, 0.5) is 5.69 Å². The molecule has 1 aromatic rings. The van der Waals surface area contributed by atoms with Crippen molar-refractivity contribution in [2.75, 3.05) is 52.3 Å². The summed E-state index contributed by atoms with van der Waals surface area (Å²) >= 11 is 0. The van der Waals surface area contributed by atoms with Gasteiger partial charge in [0, 0.05) is 32.2 Å². The molecule has 0 bridgehead atoms. The molecule has 0 spiro atoms. The molecule has 0 saturated carbocycles. The molecule has 2 fully saturated rings. The van der Waals surface area contributed by atoms with Crippen LogP contribution in [0, 0.1) is 0 Å². The number of rotatable bonds is 4. The average molecular weight is 333 g/mol. The van der Waals surface area contributed by atoms with E-state index < -0.39 is 0 Å². The summed E-state index contributed by atoms with van der Waals surface area (Å²) < 4.78 is 10.5. The minimum absolute atomic E-state index is 0.156. The molecule has 0 aromatic heterocycles. The van der Waals surface area contributed by atoms with Crippen molar-refractivity contribution in [3.8, 4) is 11.5 Å². The summed E-state index contributed by atoms with van der Waals surface area (Å²) in [5.74, 6) is 0.738. The number of hydrogen-bond donors (Lipinski definition) is 0. The molecular formula is C17H23N3O4. The smallest absolute Gasteiger partial charge is 0.251 e. The van der Waals surface area contributed by atoms with Gasteiger partial charge in [0.1, 0.15) is 0 Å². The summed E-state index contributed by atoms with van der Waals surface area (Å²) in [5.41, 5.74) is 0.527. The number of methoxy groups -OCH3 is 2. The van der Waals surface area contributed by atoms with Crippen molar-refractivity contribution < 1.29 is 19.1 Å². The van der Waals surface area contributed by atoms with Crippen LogP contribution < -0.4 is 14.4 Å². The van der Waals surface area contributed by atoms with E-state index in [1.807, 2.05) is 0 Å². The molecule has 1 aromatic carbocycles. The second-order valence-corrected chi connectivity index (χ2v) is 6.17. The minimum atomic E-state index is -0.362. The molecule has 2 aliphatic rings. The first-order valence-electron chi connectivity index (χ1n) is 8.06. The highest BCUT2D eigenvalue weighted by Crippen LogP contribution is 2.34. The maximum Gasteiger partial charge on any atom is 0.251 e. The van der Waals surface area contributed by atoms with E-state index >= 15 is 0 Å². The van der Waals surface area contributed by atoms with E-state index in [1.54, 1.807) is 25.3 Å². The van der Waals surface area contributed by atoms with Gasteiger partial charge in [-0.15, -0.1) is 0 Å². The van der Waals surface area contributed by atoms with E-state index in [2.05, 4.69) is 16.8 Å². The van der Waals surface area contributed by atoms with E-state index in [4.69, 9.17) is 9.47 Å². The van der Waals surface area contributed by atoms with Crippen molar-refractivity contribution in [3.05, 3.63) is 18.2 Å². The first-order chi connectivity index (χ1) is 11.5. The summed E-state index contributed by atoms with van der Waals surface area (Å²) in [6, 6.07) is 4.72. The molecule has 0 aliphatic carbocycles. The van der Waals surface area contributed by atoms with E-state index in [0.29, 0.717) is 17.2 Å². The largest absolute Gasteiger partial charge is 0.493 e. The van der Waals surface area contributed by atoms with Crippen molar-refractivity contribution >= 4 is 17.5 Å². The van der Waals surface area contributed by atoms with Crippen LogP contribution in [0.5, 0.6) is 11.5 Å². The summed E-state index contributed by atoms with van der Waals surface area (Å²) in [4.78, 5) is 30.9.